The van der Waals surface area contributed by atoms with Crippen molar-refractivity contribution >= 4 is 12.6 Å². The van der Waals surface area contributed by atoms with Crippen LogP contribution in [0, 0.1) is 0 Å². The molecule has 0 aromatic rings. The molecule has 9 heavy (non-hydrogen) atoms. The summed E-state index contributed by atoms with van der Waals surface area (Å²) >= 11 is 3.45. The zero-order chi connectivity index (χ0) is 7.49. The molecule has 0 rings (SSSR count). The van der Waals surface area contributed by atoms with E-state index in [1.807, 2.05) is 0 Å². The molecule has 0 heterocycles. The molecule has 0 atom stereocenters. The van der Waals surface area contributed by atoms with Gasteiger partial charge in [0.1, 0.15) is 0 Å². The fraction of sp³-hybridized carbons (Fsp3) is 0.200. The minimum Gasteiger partial charge on any atom is -0.166 e. The smallest absolute Gasteiger partial charge is 0.166 e. The van der Waals surface area contributed by atoms with Gasteiger partial charge in [-0.25, -0.2) is 0 Å². The van der Waals surface area contributed by atoms with Crippen molar-refractivity contribution in [1.29, 1.82) is 0 Å². The largest absolute Gasteiger partial charge is 0.415 e. The van der Waals surface area contributed by atoms with Crippen molar-refractivity contribution in [2.45, 2.75) is 6.18 Å². The van der Waals surface area contributed by atoms with Crippen LogP contribution >= 0.6 is 12.6 Å². The lowest BCUT2D eigenvalue weighted by Crippen LogP contribution is -2.07. The Hall–Kier alpha value is -0.380. The van der Waals surface area contributed by atoms with E-state index in [2.05, 4.69) is 19.2 Å². The molecule has 0 fully saturated rings. The second kappa shape index (κ2) is 2.96. The third kappa shape index (κ3) is 3.24. The van der Waals surface area contributed by atoms with E-state index in [1.165, 1.54) is 0 Å². The number of hydrogen-bond acceptors (Lipinski definition) is 1. The Kier molecular flexibility index (Phi) is 2.84. The molecule has 0 aliphatic heterocycles. The fourth-order valence-electron chi connectivity index (χ4n) is 0.184. The minimum atomic E-state index is -4.32. The predicted octanol–water partition coefficient (Wildman–Crippen LogP) is 2.55. The monoisotopic (exact) mass is 154 g/mol. The van der Waals surface area contributed by atoms with Gasteiger partial charge in [0.2, 0.25) is 0 Å². The molecule has 0 aromatic heterocycles. The van der Waals surface area contributed by atoms with Crippen LogP contribution in [-0.4, -0.2) is 6.18 Å². The van der Waals surface area contributed by atoms with E-state index in [9.17, 15) is 13.2 Å². The van der Waals surface area contributed by atoms with Crippen molar-refractivity contribution < 1.29 is 13.2 Å². The maximum Gasteiger partial charge on any atom is 0.415 e. The normalized spacial score (nSPS) is 12.4. The van der Waals surface area contributed by atoms with Crippen LogP contribution in [0.2, 0.25) is 0 Å². The van der Waals surface area contributed by atoms with Crippen LogP contribution in [0.25, 0.3) is 0 Å². The zero-order valence-electron chi connectivity index (χ0n) is 4.44. The maximum atomic E-state index is 11.5. The van der Waals surface area contributed by atoms with E-state index in [0.717, 1.165) is 11.5 Å². The van der Waals surface area contributed by atoms with Gasteiger partial charge in [0, 0.05) is 5.57 Å². The Bertz CT molecular complexity index is 134. The zero-order valence-corrected chi connectivity index (χ0v) is 5.34. The van der Waals surface area contributed by atoms with Gasteiger partial charge in [0.25, 0.3) is 0 Å². The van der Waals surface area contributed by atoms with E-state index in [0.29, 0.717) is 0 Å². The summed E-state index contributed by atoms with van der Waals surface area (Å²) in [6.45, 7) is 2.76. The number of halogens is 3. The second-order valence-corrected chi connectivity index (χ2v) is 1.64. The summed E-state index contributed by atoms with van der Waals surface area (Å²) in [5.74, 6) is 0. The lowest BCUT2D eigenvalue weighted by atomic mass is 10.3. The molecule has 0 N–H and O–H groups in total. The molecule has 52 valence electrons. The Morgan fingerprint density at radius 2 is 1.89 bits per heavy atom. The molecule has 0 amide bonds. The van der Waals surface area contributed by atoms with Crippen LogP contribution in [0.1, 0.15) is 0 Å². The van der Waals surface area contributed by atoms with Gasteiger partial charge in [-0.15, -0.1) is 0 Å². The first-order chi connectivity index (χ1) is 3.98. The van der Waals surface area contributed by atoms with E-state index >= 15 is 0 Å². The SMILES string of the molecule is C=C(/C=C/S)C(F)(F)F. The van der Waals surface area contributed by atoms with Crippen LogP contribution in [0.4, 0.5) is 13.2 Å². The standard InChI is InChI=1S/C5H5F3S/c1-4(2-3-9)5(6,7)8/h2-3,9H,1H2/b3-2+. The lowest BCUT2D eigenvalue weighted by molar-refractivity contribution is -0.0877. The summed E-state index contributed by atoms with van der Waals surface area (Å²) in [6.07, 6.45) is -3.53. The highest BCUT2D eigenvalue weighted by Gasteiger charge is 2.29. The maximum absolute atomic E-state index is 11.5. The van der Waals surface area contributed by atoms with Crippen molar-refractivity contribution in [3.63, 3.8) is 0 Å². The van der Waals surface area contributed by atoms with Crippen LogP contribution in [0.3, 0.4) is 0 Å². The van der Waals surface area contributed by atoms with Crippen molar-refractivity contribution in [3.05, 3.63) is 23.6 Å². The first-order valence-corrected chi connectivity index (χ1v) is 2.57. The summed E-state index contributed by atoms with van der Waals surface area (Å²) in [5, 5.41) is 0.996. The Morgan fingerprint density at radius 3 is 2.00 bits per heavy atom. The van der Waals surface area contributed by atoms with Crippen molar-refractivity contribution in [2.75, 3.05) is 0 Å². The van der Waals surface area contributed by atoms with E-state index in [4.69, 9.17) is 0 Å². The summed E-state index contributed by atoms with van der Waals surface area (Å²) in [4.78, 5) is 0. The van der Waals surface area contributed by atoms with E-state index < -0.39 is 11.7 Å². The van der Waals surface area contributed by atoms with E-state index in [1.54, 1.807) is 0 Å². The molecule has 0 nitrogen and oxygen atoms in total. The van der Waals surface area contributed by atoms with Gasteiger partial charge >= 0.3 is 6.18 Å². The van der Waals surface area contributed by atoms with Crippen LogP contribution < -0.4 is 0 Å². The highest BCUT2D eigenvalue weighted by molar-refractivity contribution is 7.83. The molecule has 0 spiro atoms. The molecule has 0 aliphatic carbocycles. The Morgan fingerprint density at radius 1 is 1.44 bits per heavy atom. The Labute approximate surface area is 56.5 Å². The highest BCUT2D eigenvalue weighted by Crippen LogP contribution is 2.24. The molecule has 0 radical (unpaired) electrons. The van der Waals surface area contributed by atoms with Crippen LogP contribution in [-0.2, 0) is 0 Å². The third-order valence-corrected chi connectivity index (χ3v) is 0.789. The summed E-state index contributed by atoms with van der Waals surface area (Å²) in [7, 11) is 0. The Balaban J connectivity index is 4.06. The molecule has 0 bridgehead atoms. The molecule has 0 saturated heterocycles. The van der Waals surface area contributed by atoms with Crippen molar-refractivity contribution in [3.8, 4) is 0 Å². The number of alkyl halides is 3. The number of rotatable bonds is 1. The average Bonchev–Trinajstić information content (AvgIpc) is 1.64. The molecule has 0 aromatic carbocycles. The molecular formula is C5H5F3S. The third-order valence-electron chi connectivity index (χ3n) is 0.640. The van der Waals surface area contributed by atoms with Gasteiger partial charge in [-0.05, 0) is 11.5 Å². The van der Waals surface area contributed by atoms with Gasteiger partial charge in [0.05, 0.1) is 0 Å². The average molecular weight is 154 g/mol. The van der Waals surface area contributed by atoms with Gasteiger partial charge in [0.15, 0.2) is 0 Å². The second-order valence-electron chi connectivity index (χ2n) is 1.34. The predicted molar refractivity (Wildman–Crippen MR) is 33.3 cm³/mol. The topological polar surface area (TPSA) is 0 Å². The summed E-state index contributed by atoms with van der Waals surface area (Å²) in [6, 6.07) is 0. The first-order valence-electron chi connectivity index (χ1n) is 2.05. The van der Waals surface area contributed by atoms with Gasteiger partial charge in [-0.2, -0.15) is 25.8 Å². The molecule has 0 unspecified atom stereocenters. The van der Waals surface area contributed by atoms with Crippen molar-refractivity contribution in [2.24, 2.45) is 0 Å². The van der Waals surface area contributed by atoms with Crippen molar-refractivity contribution in [1.82, 2.24) is 0 Å². The number of hydrogen-bond donors (Lipinski definition) is 1. The highest BCUT2D eigenvalue weighted by atomic mass is 32.1. The molecular weight excluding hydrogens is 149 g/mol. The molecule has 4 heteroatoms. The minimum absolute atomic E-state index is 0.795. The van der Waals surface area contributed by atoms with E-state index in [-0.39, 0.29) is 0 Å². The van der Waals surface area contributed by atoms with Crippen LogP contribution in [0.15, 0.2) is 23.6 Å². The summed E-state index contributed by atoms with van der Waals surface area (Å²) < 4.78 is 34.4. The van der Waals surface area contributed by atoms with Crippen LogP contribution in [0.5, 0.6) is 0 Å². The lowest BCUT2D eigenvalue weighted by Gasteiger charge is -2.02. The van der Waals surface area contributed by atoms with Gasteiger partial charge < -0.3 is 0 Å². The molecule has 0 saturated carbocycles. The number of allylic oxidation sites excluding steroid dienone is 2. The first kappa shape index (κ1) is 8.62. The summed E-state index contributed by atoms with van der Waals surface area (Å²) in [5.41, 5.74) is -0.891. The van der Waals surface area contributed by atoms with Gasteiger partial charge in [-0.1, -0.05) is 6.58 Å². The fourth-order valence-corrected chi connectivity index (χ4v) is 0.364. The number of thiol groups is 1. The molecule has 0 aliphatic rings. The van der Waals surface area contributed by atoms with Gasteiger partial charge in [-0.3, -0.25) is 0 Å². The quantitative estimate of drug-likeness (QED) is 0.435.